The first-order valence-corrected chi connectivity index (χ1v) is 8.90. The fraction of sp³-hybridized carbons (Fsp3) is 1.00. The molecular formula is C17H30N2O. The zero-order chi connectivity index (χ0) is 13.6. The molecule has 114 valence electrons. The lowest BCUT2D eigenvalue weighted by Crippen LogP contribution is -2.38. The Labute approximate surface area is 123 Å². The normalized spacial score (nSPS) is 44.2. The lowest BCUT2D eigenvalue weighted by atomic mass is 9.78. The maximum atomic E-state index is 6.48. The van der Waals surface area contributed by atoms with Crippen molar-refractivity contribution in [2.45, 2.75) is 75.5 Å². The van der Waals surface area contributed by atoms with Gasteiger partial charge in [0.1, 0.15) is 0 Å². The summed E-state index contributed by atoms with van der Waals surface area (Å²) < 4.78 is 6.48. The summed E-state index contributed by atoms with van der Waals surface area (Å²) >= 11 is 0. The van der Waals surface area contributed by atoms with E-state index in [-0.39, 0.29) is 0 Å². The Morgan fingerprint density at radius 2 is 1.85 bits per heavy atom. The van der Waals surface area contributed by atoms with Gasteiger partial charge < -0.3 is 15.4 Å². The maximum absolute atomic E-state index is 6.48. The molecule has 0 aromatic carbocycles. The summed E-state index contributed by atoms with van der Waals surface area (Å²) in [6.45, 7) is 3.69. The molecule has 0 amide bonds. The van der Waals surface area contributed by atoms with Crippen molar-refractivity contribution in [1.82, 2.24) is 4.90 Å². The van der Waals surface area contributed by atoms with Gasteiger partial charge in [-0.2, -0.15) is 0 Å². The standard InChI is InChI=1S/C17H30N2O/c18-16-5-3-4-13-10-19(12-15(13)16)11-14-6-9-17(20-14)7-1-2-8-17/h13-16H,1-12,18H2. The van der Waals surface area contributed by atoms with E-state index in [4.69, 9.17) is 10.5 Å². The van der Waals surface area contributed by atoms with E-state index < -0.39 is 0 Å². The molecule has 4 atom stereocenters. The fourth-order valence-corrected chi connectivity index (χ4v) is 5.46. The van der Waals surface area contributed by atoms with E-state index >= 15 is 0 Å². The minimum absolute atomic E-state index is 0.299. The molecule has 3 heteroatoms. The molecule has 4 aliphatic rings. The van der Waals surface area contributed by atoms with Crippen molar-refractivity contribution in [1.29, 1.82) is 0 Å². The van der Waals surface area contributed by atoms with Gasteiger partial charge in [-0.05, 0) is 50.4 Å². The van der Waals surface area contributed by atoms with Crippen LogP contribution < -0.4 is 5.73 Å². The number of nitrogens with zero attached hydrogens (tertiary/aromatic N) is 1. The largest absolute Gasteiger partial charge is 0.370 e. The second-order valence-electron chi connectivity index (χ2n) is 7.91. The van der Waals surface area contributed by atoms with Gasteiger partial charge in [0.15, 0.2) is 0 Å². The van der Waals surface area contributed by atoms with Crippen LogP contribution in [0.25, 0.3) is 0 Å². The van der Waals surface area contributed by atoms with E-state index in [9.17, 15) is 0 Å². The summed E-state index contributed by atoms with van der Waals surface area (Å²) in [5, 5.41) is 0. The van der Waals surface area contributed by atoms with Crippen molar-refractivity contribution in [2.24, 2.45) is 17.6 Å². The second kappa shape index (κ2) is 5.26. The Morgan fingerprint density at radius 1 is 1.00 bits per heavy atom. The molecule has 0 radical (unpaired) electrons. The molecule has 2 N–H and O–H groups in total. The van der Waals surface area contributed by atoms with E-state index in [2.05, 4.69) is 4.90 Å². The van der Waals surface area contributed by atoms with Crippen LogP contribution in [-0.4, -0.2) is 42.3 Å². The van der Waals surface area contributed by atoms with Gasteiger partial charge in [-0.3, -0.25) is 0 Å². The first kappa shape index (κ1) is 13.5. The number of nitrogens with two attached hydrogens (primary N) is 1. The summed E-state index contributed by atoms with van der Waals surface area (Å²) in [5.41, 5.74) is 6.63. The summed E-state index contributed by atoms with van der Waals surface area (Å²) in [6.07, 6.45) is 12.5. The van der Waals surface area contributed by atoms with Crippen LogP contribution >= 0.6 is 0 Å². The smallest absolute Gasteiger partial charge is 0.0710 e. The van der Waals surface area contributed by atoms with Gasteiger partial charge in [-0.25, -0.2) is 0 Å². The van der Waals surface area contributed by atoms with Gasteiger partial charge in [0.2, 0.25) is 0 Å². The average molecular weight is 278 g/mol. The third-order valence-corrected chi connectivity index (χ3v) is 6.54. The first-order valence-electron chi connectivity index (χ1n) is 8.90. The van der Waals surface area contributed by atoms with E-state index in [1.807, 2.05) is 0 Å². The Hall–Kier alpha value is -0.120. The number of hydrogen-bond donors (Lipinski definition) is 1. The highest BCUT2D eigenvalue weighted by molar-refractivity contribution is 4.97. The Bertz CT molecular complexity index is 353. The van der Waals surface area contributed by atoms with Gasteiger partial charge >= 0.3 is 0 Å². The molecule has 1 spiro atoms. The van der Waals surface area contributed by atoms with Crippen LogP contribution in [0, 0.1) is 11.8 Å². The fourth-order valence-electron chi connectivity index (χ4n) is 5.46. The number of likely N-dealkylation sites (tertiary alicyclic amines) is 1. The van der Waals surface area contributed by atoms with Gasteiger partial charge in [0.05, 0.1) is 11.7 Å². The topological polar surface area (TPSA) is 38.5 Å². The Kier molecular flexibility index (Phi) is 3.56. The zero-order valence-corrected chi connectivity index (χ0v) is 12.7. The van der Waals surface area contributed by atoms with E-state index in [1.54, 1.807) is 0 Å². The molecule has 4 unspecified atom stereocenters. The molecule has 4 rings (SSSR count). The van der Waals surface area contributed by atoms with Crippen LogP contribution in [0.5, 0.6) is 0 Å². The van der Waals surface area contributed by atoms with Crippen LogP contribution in [0.2, 0.25) is 0 Å². The molecule has 4 fully saturated rings. The molecular weight excluding hydrogens is 248 g/mol. The number of hydrogen-bond acceptors (Lipinski definition) is 3. The molecule has 0 bridgehead atoms. The van der Waals surface area contributed by atoms with E-state index in [0.29, 0.717) is 17.7 Å². The van der Waals surface area contributed by atoms with Crippen LogP contribution in [0.1, 0.15) is 57.8 Å². The van der Waals surface area contributed by atoms with Crippen molar-refractivity contribution in [3.05, 3.63) is 0 Å². The summed E-state index contributed by atoms with van der Waals surface area (Å²) in [5.74, 6) is 1.64. The van der Waals surface area contributed by atoms with Crippen molar-refractivity contribution in [3.63, 3.8) is 0 Å². The predicted octanol–water partition coefficient (Wildman–Crippen LogP) is 2.54. The van der Waals surface area contributed by atoms with E-state index in [0.717, 1.165) is 11.8 Å². The van der Waals surface area contributed by atoms with Crippen LogP contribution in [-0.2, 0) is 4.74 Å². The van der Waals surface area contributed by atoms with Gasteiger partial charge in [-0.15, -0.1) is 0 Å². The predicted molar refractivity (Wildman–Crippen MR) is 80.6 cm³/mol. The molecule has 3 nitrogen and oxygen atoms in total. The summed E-state index contributed by atoms with van der Waals surface area (Å²) in [4.78, 5) is 2.67. The van der Waals surface area contributed by atoms with Crippen molar-refractivity contribution in [3.8, 4) is 0 Å². The van der Waals surface area contributed by atoms with E-state index in [1.165, 1.54) is 77.4 Å². The third kappa shape index (κ3) is 2.42. The molecule has 2 aliphatic carbocycles. The first-order chi connectivity index (χ1) is 9.74. The minimum Gasteiger partial charge on any atom is -0.370 e. The average Bonchev–Trinajstić information content (AvgIpc) is 3.13. The highest BCUT2D eigenvalue weighted by Gasteiger charge is 2.44. The number of ether oxygens (including phenoxy) is 1. The van der Waals surface area contributed by atoms with Crippen LogP contribution in [0.3, 0.4) is 0 Å². The Morgan fingerprint density at radius 3 is 2.65 bits per heavy atom. The lowest BCUT2D eigenvalue weighted by Gasteiger charge is -2.30. The quantitative estimate of drug-likeness (QED) is 0.843. The highest BCUT2D eigenvalue weighted by Crippen LogP contribution is 2.44. The molecule has 2 saturated heterocycles. The molecule has 20 heavy (non-hydrogen) atoms. The molecule has 0 aromatic rings. The molecule has 2 aliphatic heterocycles. The SMILES string of the molecule is NC1CCCC2CN(CC3CCC4(CCCC4)O3)CC12. The lowest BCUT2D eigenvalue weighted by molar-refractivity contribution is -0.0457. The highest BCUT2D eigenvalue weighted by atomic mass is 16.5. The second-order valence-corrected chi connectivity index (χ2v) is 7.91. The molecule has 2 heterocycles. The van der Waals surface area contributed by atoms with Crippen molar-refractivity contribution >= 4 is 0 Å². The third-order valence-electron chi connectivity index (χ3n) is 6.54. The number of fused-ring (bicyclic) bond motifs is 1. The minimum atomic E-state index is 0.299. The van der Waals surface area contributed by atoms with Gasteiger partial charge in [0.25, 0.3) is 0 Å². The van der Waals surface area contributed by atoms with Crippen molar-refractivity contribution in [2.75, 3.05) is 19.6 Å². The zero-order valence-electron chi connectivity index (χ0n) is 12.7. The van der Waals surface area contributed by atoms with Crippen molar-refractivity contribution < 1.29 is 4.74 Å². The van der Waals surface area contributed by atoms with Crippen LogP contribution in [0.15, 0.2) is 0 Å². The summed E-state index contributed by atoms with van der Waals surface area (Å²) in [6, 6.07) is 0.462. The van der Waals surface area contributed by atoms with Gasteiger partial charge in [-0.1, -0.05) is 19.3 Å². The Balaban J connectivity index is 1.32. The monoisotopic (exact) mass is 278 g/mol. The maximum Gasteiger partial charge on any atom is 0.0710 e. The van der Waals surface area contributed by atoms with Crippen LogP contribution in [0.4, 0.5) is 0 Å². The molecule has 2 saturated carbocycles. The number of rotatable bonds is 2. The molecule has 0 aromatic heterocycles. The van der Waals surface area contributed by atoms with Gasteiger partial charge in [0, 0.05) is 25.7 Å². The summed E-state index contributed by atoms with van der Waals surface area (Å²) in [7, 11) is 0.